The number of methoxy groups -OCH3 is 1. The molecular formula is C15H20N4O2. The first kappa shape index (κ1) is 15.2. The second-order valence-corrected chi connectivity index (χ2v) is 5.27. The van der Waals surface area contributed by atoms with Crippen LogP contribution < -0.4 is 0 Å². The number of carbonyl (C=O) groups excluding carboxylic acids is 1. The van der Waals surface area contributed by atoms with E-state index >= 15 is 0 Å². The summed E-state index contributed by atoms with van der Waals surface area (Å²) in [6.45, 7) is 5.09. The van der Waals surface area contributed by atoms with Gasteiger partial charge in [-0.05, 0) is 30.9 Å². The van der Waals surface area contributed by atoms with Crippen molar-refractivity contribution in [3.8, 4) is 11.3 Å². The summed E-state index contributed by atoms with van der Waals surface area (Å²) in [6, 6.07) is 3.67. The predicted molar refractivity (Wildman–Crippen MR) is 78.7 cm³/mol. The predicted octanol–water partition coefficient (Wildman–Crippen LogP) is 2.56. The fourth-order valence-corrected chi connectivity index (χ4v) is 2.15. The molecule has 0 atom stereocenters. The summed E-state index contributed by atoms with van der Waals surface area (Å²) in [5.41, 5.74) is 1.79. The first-order valence-corrected chi connectivity index (χ1v) is 7.05. The Kier molecular flexibility index (Phi) is 5.03. The number of ether oxygens (including phenoxy) is 1. The number of esters is 1. The quantitative estimate of drug-likeness (QED) is 0.764. The largest absolute Gasteiger partial charge is 0.464 e. The van der Waals surface area contributed by atoms with Gasteiger partial charge in [0.15, 0.2) is 5.69 Å². The van der Waals surface area contributed by atoms with Crippen molar-refractivity contribution in [3.63, 3.8) is 0 Å². The molecule has 0 aliphatic rings. The van der Waals surface area contributed by atoms with E-state index in [4.69, 9.17) is 4.74 Å². The van der Waals surface area contributed by atoms with E-state index in [-0.39, 0.29) is 5.69 Å². The maximum Gasteiger partial charge on any atom is 0.360 e. The van der Waals surface area contributed by atoms with Gasteiger partial charge >= 0.3 is 5.97 Å². The summed E-state index contributed by atoms with van der Waals surface area (Å²) in [5, 5.41) is 8.08. The van der Waals surface area contributed by atoms with Crippen molar-refractivity contribution in [2.75, 3.05) is 7.11 Å². The van der Waals surface area contributed by atoms with E-state index in [1.165, 1.54) is 7.11 Å². The molecule has 6 nitrogen and oxygen atoms in total. The van der Waals surface area contributed by atoms with Crippen LogP contribution in [0.15, 0.2) is 24.5 Å². The Balaban J connectivity index is 2.33. The lowest BCUT2D eigenvalue weighted by Gasteiger charge is -2.08. The maximum atomic E-state index is 11.8. The number of rotatable bonds is 6. The Morgan fingerprint density at radius 1 is 1.33 bits per heavy atom. The minimum atomic E-state index is -0.475. The van der Waals surface area contributed by atoms with Crippen LogP contribution in [-0.2, 0) is 11.3 Å². The van der Waals surface area contributed by atoms with Crippen LogP contribution in [0.25, 0.3) is 11.3 Å². The van der Waals surface area contributed by atoms with E-state index in [2.05, 4.69) is 29.1 Å². The Morgan fingerprint density at radius 3 is 2.67 bits per heavy atom. The van der Waals surface area contributed by atoms with Gasteiger partial charge in [0.25, 0.3) is 0 Å². The zero-order valence-corrected chi connectivity index (χ0v) is 12.6. The second-order valence-electron chi connectivity index (χ2n) is 5.27. The highest BCUT2D eigenvalue weighted by Crippen LogP contribution is 2.22. The van der Waals surface area contributed by atoms with E-state index in [9.17, 15) is 4.79 Å². The zero-order chi connectivity index (χ0) is 15.2. The number of carbonyl (C=O) groups is 1. The minimum Gasteiger partial charge on any atom is -0.464 e. The van der Waals surface area contributed by atoms with E-state index in [1.54, 1.807) is 17.1 Å². The van der Waals surface area contributed by atoms with E-state index in [1.807, 2.05) is 12.1 Å². The Hall–Kier alpha value is -2.24. The van der Waals surface area contributed by atoms with Crippen molar-refractivity contribution in [3.05, 3.63) is 30.2 Å². The molecule has 0 N–H and O–H groups in total. The van der Waals surface area contributed by atoms with Crippen LogP contribution in [0.3, 0.4) is 0 Å². The molecule has 6 heteroatoms. The van der Waals surface area contributed by atoms with Crippen LogP contribution in [0.5, 0.6) is 0 Å². The third-order valence-electron chi connectivity index (χ3n) is 3.22. The van der Waals surface area contributed by atoms with Crippen LogP contribution in [-0.4, -0.2) is 33.1 Å². The highest BCUT2D eigenvalue weighted by Gasteiger charge is 2.21. The molecule has 0 aromatic carbocycles. The summed E-state index contributed by atoms with van der Waals surface area (Å²) in [7, 11) is 1.34. The van der Waals surface area contributed by atoms with Crippen molar-refractivity contribution in [2.45, 2.75) is 33.2 Å². The standard InChI is InChI=1S/C15H20N4O2/c1-11(2)5-4-10-19-14(12-6-8-16-9-7-12)13(17-18-19)15(20)21-3/h6-9,11H,4-5,10H2,1-3H3. The summed E-state index contributed by atoms with van der Waals surface area (Å²) in [4.78, 5) is 15.8. The molecule has 0 aliphatic heterocycles. The molecule has 21 heavy (non-hydrogen) atoms. The van der Waals surface area contributed by atoms with Gasteiger partial charge in [-0.15, -0.1) is 5.10 Å². The smallest absolute Gasteiger partial charge is 0.360 e. The third-order valence-corrected chi connectivity index (χ3v) is 3.22. The Bertz CT molecular complexity index is 593. The molecule has 0 aliphatic carbocycles. The monoisotopic (exact) mass is 288 g/mol. The molecule has 0 saturated carbocycles. The average molecular weight is 288 g/mol. The normalized spacial score (nSPS) is 10.9. The summed E-state index contributed by atoms with van der Waals surface area (Å²) >= 11 is 0. The topological polar surface area (TPSA) is 69.9 Å². The van der Waals surface area contributed by atoms with Gasteiger partial charge in [-0.1, -0.05) is 19.1 Å². The number of pyridine rings is 1. The zero-order valence-electron chi connectivity index (χ0n) is 12.6. The highest BCUT2D eigenvalue weighted by molar-refractivity contribution is 5.93. The molecule has 2 aromatic heterocycles. The lowest BCUT2D eigenvalue weighted by molar-refractivity contribution is 0.0595. The van der Waals surface area contributed by atoms with Gasteiger partial charge in [0.1, 0.15) is 5.69 Å². The Morgan fingerprint density at radius 2 is 2.05 bits per heavy atom. The van der Waals surface area contributed by atoms with Crippen LogP contribution in [0.4, 0.5) is 0 Å². The number of aryl methyl sites for hydroxylation is 1. The molecular weight excluding hydrogens is 268 g/mol. The van der Waals surface area contributed by atoms with Gasteiger partial charge in [-0.2, -0.15) is 0 Å². The summed E-state index contributed by atoms with van der Waals surface area (Å²) < 4.78 is 6.55. The average Bonchev–Trinajstić information content (AvgIpc) is 2.91. The fourth-order valence-electron chi connectivity index (χ4n) is 2.15. The van der Waals surface area contributed by atoms with Crippen molar-refractivity contribution >= 4 is 5.97 Å². The molecule has 112 valence electrons. The van der Waals surface area contributed by atoms with Gasteiger partial charge in [-0.25, -0.2) is 9.48 Å². The number of hydrogen-bond donors (Lipinski definition) is 0. The molecule has 0 saturated heterocycles. The van der Waals surface area contributed by atoms with E-state index in [0.29, 0.717) is 11.6 Å². The molecule has 0 fully saturated rings. The Labute approximate surface area is 124 Å². The molecule has 0 amide bonds. The molecule has 0 radical (unpaired) electrons. The molecule has 0 bridgehead atoms. The lowest BCUT2D eigenvalue weighted by atomic mass is 10.1. The third kappa shape index (κ3) is 3.65. The minimum absolute atomic E-state index is 0.244. The van der Waals surface area contributed by atoms with Gasteiger partial charge in [0.05, 0.1) is 7.11 Å². The fraction of sp³-hybridized carbons (Fsp3) is 0.467. The van der Waals surface area contributed by atoms with Gasteiger partial charge in [0.2, 0.25) is 0 Å². The molecule has 0 unspecified atom stereocenters. The van der Waals surface area contributed by atoms with Crippen molar-refractivity contribution in [2.24, 2.45) is 5.92 Å². The number of aromatic nitrogens is 4. The lowest BCUT2D eigenvalue weighted by Crippen LogP contribution is -2.07. The van der Waals surface area contributed by atoms with Gasteiger partial charge in [0, 0.05) is 24.5 Å². The maximum absolute atomic E-state index is 11.8. The highest BCUT2D eigenvalue weighted by atomic mass is 16.5. The summed E-state index contributed by atoms with van der Waals surface area (Å²) in [5.74, 6) is 0.162. The van der Waals surface area contributed by atoms with Crippen molar-refractivity contribution in [1.82, 2.24) is 20.0 Å². The van der Waals surface area contributed by atoms with E-state index in [0.717, 1.165) is 24.9 Å². The van der Waals surface area contributed by atoms with Gasteiger partial charge < -0.3 is 4.74 Å². The van der Waals surface area contributed by atoms with Crippen molar-refractivity contribution in [1.29, 1.82) is 0 Å². The molecule has 2 aromatic rings. The number of hydrogen-bond acceptors (Lipinski definition) is 5. The van der Waals surface area contributed by atoms with Crippen LogP contribution in [0.2, 0.25) is 0 Å². The van der Waals surface area contributed by atoms with Crippen LogP contribution >= 0.6 is 0 Å². The SMILES string of the molecule is COC(=O)c1nnn(CCCC(C)C)c1-c1ccncc1. The first-order chi connectivity index (χ1) is 10.1. The van der Waals surface area contributed by atoms with Gasteiger partial charge in [-0.3, -0.25) is 4.98 Å². The van der Waals surface area contributed by atoms with E-state index < -0.39 is 5.97 Å². The molecule has 2 rings (SSSR count). The summed E-state index contributed by atoms with van der Waals surface area (Å²) in [6.07, 6.45) is 5.45. The number of nitrogens with zero attached hydrogens (tertiary/aromatic N) is 4. The van der Waals surface area contributed by atoms with Crippen molar-refractivity contribution < 1.29 is 9.53 Å². The van der Waals surface area contributed by atoms with Crippen LogP contribution in [0.1, 0.15) is 37.2 Å². The first-order valence-electron chi connectivity index (χ1n) is 7.05. The molecule has 2 heterocycles. The molecule has 0 spiro atoms. The van der Waals surface area contributed by atoms with Crippen LogP contribution in [0, 0.1) is 5.92 Å². The second kappa shape index (κ2) is 6.97.